The highest BCUT2D eigenvalue weighted by Crippen LogP contribution is 2.24. The highest BCUT2D eigenvalue weighted by Gasteiger charge is 2.16. The lowest BCUT2D eigenvalue weighted by Gasteiger charge is -2.05. The summed E-state index contributed by atoms with van der Waals surface area (Å²) >= 11 is 0. The smallest absolute Gasteiger partial charge is 0.281 e. The number of aromatic nitrogens is 1. The van der Waals surface area contributed by atoms with Crippen molar-refractivity contribution in [2.24, 2.45) is 0 Å². The Morgan fingerprint density at radius 2 is 2.08 bits per heavy atom. The maximum absolute atomic E-state index is 12.2. The minimum Gasteiger partial charge on any atom is -0.396 e. The van der Waals surface area contributed by atoms with E-state index in [4.69, 9.17) is 11.5 Å². The Balaban J connectivity index is 3.32. The second kappa shape index (κ2) is 3.34. The molecule has 0 aromatic carbocycles. The molecule has 0 aliphatic carbocycles. The molecule has 0 aliphatic heterocycles. The molecule has 6 heteroatoms. The van der Waals surface area contributed by atoms with Gasteiger partial charge in [0.1, 0.15) is 11.5 Å². The fourth-order valence-corrected chi connectivity index (χ4v) is 0.843. The molecular formula is C7H7F2N3O. The molecule has 0 radical (unpaired) electrons. The van der Waals surface area contributed by atoms with E-state index in [1.807, 2.05) is 0 Å². The number of hydrogen-bond donors (Lipinski definition) is 2. The average molecular weight is 187 g/mol. The van der Waals surface area contributed by atoms with Gasteiger partial charge < -0.3 is 11.5 Å². The van der Waals surface area contributed by atoms with Crippen molar-refractivity contribution in [2.45, 2.75) is 6.43 Å². The number of rotatable bonds is 2. The van der Waals surface area contributed by atoms with Gasteiger partial charge in [-0.2, -0.15) is 0 Å². The van der Waals surface area contributed by atoms with Crippen LogP contribution in [0.4, 0.5) is 20.3 Å². The zero-order valence-electron chi connectivity index (χ0n) is 6.50. The predicted octanol–water partition coefficient (Wildman–Crippen LogP) is 0.996. The van der Waals surface area contributed by atoms with Crippen molar-refractivity contribution in [1.29, 1.82) is 0 Å². The fourth-order valence-electron chi connectivity index (χ4n) is 0.843. The van der Waals surface area contributed by atoms with Gasteiger partial charge in [0.05, 0.1) is 5.69 Å². The zero-order chi connectivity index (χ0) is 10.0. The third-order valence-corrected chi connectivity index (χ3v) is 1.48. The van der Waals surface area contributed by atoms with Gasteiger partial charge in [-0.25, -0.2) is 13.8 Å². The van der Waals surface area contributed by atoms with Crippen LogP contribution in [-0.4, -0.2) is 11.3 Å². The minimum absolute atomic E-state index is 0.0199. The summed E-state index contributed by atoms with van der Waals surface area (Å²) in [5.41, 5.74) is 9.62. The first-order chi connectivity index (χ1) is 6.06. The second-order valence-corrected chi connectivity index (χ2v) is 2.36. The lowest BCUT2D eigenvalue weighted by atomic mass is 10.2. The standard InChI is InChI=1S/C7H7F2N3O/c8-6(9)5-3(2-13)1-4(10)7(11)12-5/h1-2,6H,10H2,(H2,11,12). The molecule has 0 spiro atoms. The quantitative estimate of drug-likeness (QED) is 0.676. The van der Waals surface area contributed by atoms with Gasteiger partial charge in [-0.3, -0.25) is 4.79 Å². The lowest BCUT2D eigenvalue weighted by molar-refractivity contribution is 0.110. The van der Waals surface area contributed by atoms with Crippen molar-refractivity contribution in [1.82, 2.24) is 4.98 Å². The molecule has 0 atom stereocenters. The number of anilines is 2. The number of aldehydes is 1. The minimum atomic E-state index is -2.83. The number of halogens is 2. The van der Waals surface area contributed by atoms with Crippen LogP contribution in [-0.2, 0) is 0 Å². The summed E-state index contributed by atoms with van der Waals surface area (Å²) < 4.78 is 24.4. The van der Waals surface area contributed by atoms with Crippen LogP contribution < -0.4 is 11.5 Å². The third kappa shape index (κ3) is 1.71. The Kier molecular flexibility index (Phi) is 2.41. The van der Waals surface area contributed by atoms with Crippen molar-refractivity contribution in [3.63, 3.8) is 0 Å². The highest BCUT2D eigenvalue weighted by molar-refractivity contribution is 5.80. The first kappa shape index (κ1) is 9.37. The summed E-state index contributed by atoms with van der Waals surface area (Å²) in [6.45, 7) is 0. The molecule has 1 aromatic heterocycles. The Morgan fingerprint density at radius 3 is 2.54 bits per heavy atom. The van der Waals surface area contributed by atoms with Crippen molar-refractivity contribution in [3.8, 4) is 0 Å². The number of carbonyl (C=O) groups is 1. The molecule has 70 valence electrons. The van der Waals surface area contributed by atoms with Crippen LogP contribution in [0.5, 0.6) is 0 Å². The Bertz CT molecular complexity index is 341. The van der Waals surface area contributed by atoms with Crippen molar-refractivity contribution < 1.29 is 13.6 Å². The molecule has 13 heavy (non-hydrogen) atoms. The fraction of sp³-hybridized carbons (Fsp3) is 0.143. The van der Waals surface area contributed by atoms with Gasteiger partial charge in [0.25, 0.3) is 6.43 Å². The molecule has 0 fully saturated rings. The number of carbonyl (C=O) groups excluding carboxylic acids is 1. The molecule has 0 saturated heterocycles. The summed E-state index contributed by atoms with van der Waals surface area (Å²) in [5, 5.41) is 0. The van der Waals surface area contributed by atoms with Crippen LogP contribution in [0.15, 0.2) is 6.07 Å². The van der Waals surface area contributed by atoms with Gasteiger partial charge in [-0.15, -0.1) is 0 Å². The lowest BCUT2D eigenvalue weighted by Crippen LogP contribution is -2.05. The van der Waals surface area contributed by atoms with Gasteiger partial charge in [-0.05, 0) is 6.07 Å². The Hall–Kier alpha value is -1.72. The number of hydrogen-bond acceptors (Lipinski definition) is 4. The summed E-state index contributed by atoms with van der Waals surface area (Å²) in [4.78, 5) is 13.6. The largest absolute Gasteiger partial charge is 0.396 e. The number of nitrogen functional groups attached to an aromatic ring is 2. The van der Waals surface area contributed by atoms with E-state index in [-0.39, 0.29) is 23.4 Å². The van der Waals surface area contributed by atoms with E-state index in [0.717, 1.165) is 6.07 Å². The monoisotopic (exact) mass is 187 g/mol. The summed E-state index contributed by atoms with van der Waals surface area (Å²) in [6, 6.07) is 1.08. The van der Waals surface area contributed by atoms with Gasteiger partial charge in [-0.1, -0.05) is 0 Å². The molecular weight excluding hydrogens is 180 g/mol. The number of nitrogens with zero attached hydrogens (tertiary/aromatic N) is 1. The van der Waals surface area contributed by atoms with Crippen molar-refractivity contribution in [3.05, 3.63) is 17.3 Å². The van der Waals surface area contributed by atoms with Crippen LogP contribution in [0.1, 0.15) is 22.5 Å². The first-order valence-corrected chi connectivity index (χ1v) is 3.35. The molecule has 0 bridgehead atoms. The van der Waals surface area contributed by atoms with Crippen LogP contribution in [0, 0.1) is 0 Å². The van der Waals surface area contributed by atoms with Crippen LogP contribution in [0.3, 0.4) is 0 Å². The molecule has 1 aromatic rings. The highest BCUT2D eigenvalue weighted by atomic mass is 19.3. The Morgan fingerprint density at radius 1 is 1.46 bits per heavy atom. The summed E-state index contributed by atoms with van der Waals surface area (Å²) in [7, 11) is 0. The van der Waals surface area contributed by atoms with E-state index in [0.29, 0.717) is 0 Å². The summed E-state index contributed by atoms with van der Waals surface area (Å²) in [5.74, 6) is -0.194. The first-order valence-electron chi connectivity index (χ1n) is 3.35. The summed E-state index contributed by atoms with van der Waals surface area (Å²) in [6.07, 6.45) is -2.56. The molecule has 0 unspecified atom stereocenters. The van der Waals surface area contributed by atoms with Gasteiger partial charge in [0.2, 0.25) is 0 Å². The number of pyridine rings is 1. The van der Waals surface area contributed by atoms with Gasteiger partial charge in [0, 0.05) is 5.56 Å². The molecule has 4 N–H and O–H groups in total. The van der Waals surface area contributed by atoms with E-state index in [1.54, 1.807) is 0 Å². The van der Waals surface area contributed by atoms with Crippen LogP contribution in [0.25, 0.3) is 0 Å². The van der Waals surface area contributed by atoms with E-state index in [9.17, 15) is 13.6 Å². The Labute approximate surface area is 72.6 Å². The van der Waals surface area contributed by atoms with Crippen molar-refractivity contribution in [2.75, 3.05) is 11.5 Å². The van der Waals surface area contributed by atoms with E-state index in [1.165, 1.54) is 0 Å². The van der Waals surface area contributed by atoms with Gasteiger partial charge >= 0.3 is 0 Å². The molecule has 0 saturated carbocycles. The second-order valence-electron chi connectivity index (χ2n) is 2.36. The molecule has 1 rings (SSSR count). The molecule has 0 amide bonds. The maximum Gasteiger partial charge on any atom is 0.281 e. The van der Waals surface area contributed by atoms with Crippen molar-refractivity contribution >= 4 is 17.8 Å². The SMILES string of the molecule is Nc1cc(C=O)c(C(F)F)nc1N. The third-order valence-electron chi connectivity index (χ3n) is 1.48. The molecule has 1 heterocycles. The predicted molar refractivity (Wildman–Crippen MR) is 43.4 cm³/mol. The molecule has 4 nitrogen and oxygen atoms in total. The van der Waals surface area contributed by atoms with E-state index >= 15 is 0 Å². The normalized spacial score (nSPS) is 10.4. The molecule has 0 aliphatic rings. The maximum atomic E-state index is 12.2. The van der Waals surface area contributed by atoms with Gasteiger partial charge in [0.15, 0.2) is 6.29 Å². The topological polar surface area (TPSA) is 82.0 Å². The van der Waals surface area contributed by atoms with E-state index in [2.05, 4.69) is 4.98 Å². The number of alkyl halides is 2. The zero-order valence-corrected chi connectivity index (χ0v) is 6.50. The van der Waals surface area contributed by atoms with Crippen LogP contribution in [0.2, 0.25) is 0 Å². The van der Waals surface area contributed by atoms with Crippen LogP contribution >= 0.6 is 0 Å². The van der Waals surface area contributed by atoms with E-state index < -0.39 is 12.1 Å². The average Bonchev–Trinajstić information content (AvgIpc) is 2.08. The number of nitrogens with two attached hydrogens (primary N) is 2.